The molecule has 1 saturated carbocycles. The van der Waals surface area contributed by atoms with Crippen molar-refractivity contribution in [1.82, 2.24) is 4.90 Å². The summed E-state index contributed by atoms with van der Waals surface area (Å²) in [5, 5.41) is 3.65. The third-order valence-corrected chi connectivity index (χ3v) is 4.40. The molecule has 0 radical (unpaired) electrons. The summed E-state index contributed by atoms with van der Waals surface area (Å²) in [4.78, 5) is 2.63. The SMILES string of the molecule is c1cc2c(cc1NC1CCN(C3CC3)C1)OCCCO2. The molecule has 2 aliphatic heterocycles. The fourth-order valence-electron chi connectivity index (χ4n) is 3.17. The third kappa shape index (κ3) is 2.57. The standard InChI is InChI=1S/C16H22N2O2/c1-8-19-15-5-2-12(10-16(15)20-9-1)17-13-6-7-18(11-13)14-3-4-14/h2,5,10,13-14,17H,1,3-4,6-9,11H2. The van der Waals surface area contributed by atoms with E-state index in [1.54, 1.807) is 0 Å². The minimum Gasteiger partial charge on any atom is -0.490 e. The molecule has 0 aromatic heterocycles. The van der Waals surface area contributed by atoms with Crippen LogP contribution in [-0.4, -0.2) is 43.3 Å². The predicted molar refractivity (Wildman–Crippen MR) is 78.7 cm³/mol. The smallest absolute Gasteiger partial charge is 0.163 e. The Balaban J connectivity index is 1.42. The summed E-state index contributed by atoms with van der Waals surface area (Å²) in [6.45, 7) is 3.92. The molecule has 3 aliphatic rings. The van der Waals surface area contributed by atoms with Crippen molar-refractivity contribution >= 4 is 5.69 Å². The van der Waals surface area contributed by atoms with Gasteiger partial charge in [0, 0.05) is 43.3 Å². The second-order valence-electron chi connectivity index (χ2n) is 6.07. The summed E-state index contributed by atoms with van der Waals surface area (Å²) in [7, 11) is 0. The van der Waals surface area contributed by atoms with Crippen LogP contribution in [0.15, 0.2) is 18.2 Å². The summed E-state index contributed by atoms with van der Waals surface area (Å²) in [5.74, 6) is 1.75. The van der Waals surface area contributed by atoms with Gasteiger partial charge in [0.25, 0.3) is 0 Å². The van der Waals surface area contributed by atoms with Gasteiger partial charge in [0.05, 0.1) is 13.2 Å². The van der Waals surface area contributed by atoms with E-state index >= 15 is 0 Å². The summed E-state index contributed by atoms with van der Waals surface area (Å²) in [6, 6.07) is 7.66. The number of nitrogens with one attached hydrogen (secondary N) is 1. The van der Waals surface area contributed by atoms with Gasteiger partial charge in [-0.2, -0.15) is 0 Å². The fraction of sp³-hybridized carbons (Fsp3) is 0.625. The normalized spacial score (nSPS) is 26.3. The Kier molecular flexibility index (Phi) is 3.19. The Morgan fingerprint density at radius 1 is 1.05 bits per heavy atom. The van der Waals surface area contributed by atoms with Gasteiger partial charge in [-0.25, -0.2) is 0 Å². The first kappa shape index (κ1) is 12.3. The molecule has 2 heterocycles. The van der Waals surface area contributed by atoms with E-state index in [9.17, 15) is 0 Å². The molecule has 1 unspecified atom stereocenters. The maximum atomic E-state index is 5.75. The van der Waals surface area contributed by atoms with Crippen molar-refractivity contribution in [3.8, 4) is 11.5 Å². The highest BCUT2D eigenvalue weighted by Gasteiger charge is 2.34. The van der Waals surface area contributed by atoms with Gasteiger partial charge in [0.2, 0.25) is 0 Å². The average molecular weight is 274 g/mol. The van der Waals surface area contributed by atoms with Crippen molar-refractivity contribution in [2.75, 3.05) is 31.6 Å². The van der Waals surface area contributed by atoms with Gasteiger partial charge in [-0.3, -0.25) is 4.90 Å². The van der Waals surface area contributed by atoms with Crippen molar-refractivity contribution in [3.63, 3.8) is 0 Å². The molecule has 4 rings (SSSR count). The number of fused-ring (bicyclic) bond motifs is 1. The number of rotatable bonds is 3. The molecule has 4 nitrogen and oxygen atoms in total. The van der Waals surface area contributed by atoms with Crippen LogP contribution in [0.3, 0.4) is 0 Å². The molecule has 20 heavy (non-hydrogen) atoms. The van der Waals surface area contributed by atoms with E-state index in [1.807, 2.05) is 6.07 Å². The van der Waals surface area contributed by atoms with E-state index in [0.29, 0.717) is 6.04 Å². The minimum absolute atomic E-state index is 0.570. The van der Waals surface area contributed by atoms with Crippen LogP contribution in [0.2, 0.25) is 0 Å². The predicted octanol–water partition coefficient (Wildman–Crippen LogP) is 2.50. The van der Waals surface area contributed by atoms with Gasteiger partial charge in [0.15, 0.2) is 11.5 Å². The van der Waals surface area contributed by atoms with Crippen LogP contribution in [0.1, 0.15) is 25.7 Å². The molecule has 1 aromatic carbocycles. The zero-order valence-corrected chi connectivity index (χ0v) is 11.8. The number of hydrogen-bond acceptors (Lipinski definition) is 4. The van der Waals surface area contributed by atoms with E-state index in [2.05, 4.69) is 22.3 Å². The largest absolute Gasteiger partial charge is 0.490 e. The molecule has 1 N–H and O–H groups in total. The Morgan fingerprint density at radius 3 is 2.75 bits per heavy atom. The molecule has 1 saturated heterocycles. The van der Waals surface area contributed by atoms with Gasteiger partial charge >= 0.3 is 0 Å². The van der Waals surface area contributed by atoms with Gasteiger partial charge in [-0.15, -0.1) is 0 Å². The topological polar surface area (TPSA) is 33.7 Å². The van der Waals surface area contributed by atoms with Crippen molar-refractivity contribution < 1.29 is 9.47 Å². The summed E-state index contributed by atoms with van der Waals surface area (Å²) in [6.07, 6.45) is 4.99. The van der Waals surface area contributed by atoms with Crippen LogP contribution in [0.4, 0.5) is 5.69 Å². The van der Waals surface area contributed by atoms with Crippen molar-refractivity contribution in [1.29, 1.82) is 0 Å². The first-order valence-corrected chi connectivity index (χ1v) is 7.79. The van der Waals surface area contributed by atoms with Gasteiger partial charge < -0.3 is 14.8 Å². The zero-order chi connectivity index (χ0) is 13.4. The molecule has 0 bridgehead atoms. The zero-order valence-electron chi connectivity index (χ0n) is 11.8. The quantitative estimate of drug-likeness (QED) is 0.918. The lowest BCUT2D eigenvalue weighted by molar-refractivity contribution is 0.297. The summed E-state index contributed by atoms with van der Waals surface area (Å²) in [5.41, 5.74) is 1.15. The van der Waals surface area contributed by atoms with Gasteiger partial charge in [-0.1, -0.05) is 0 Å². The average Bonchev–Trinajstić information content (AvgIpc) is 3.24. The Hall–Kier alpha value is -1.42. The number of anilines is 1. The second kappa shape index (κ2) is 5.17. The number of nitrogens with zero attached hydrogens (tertiary/aromatic N) is 1. The van der Waals surface area contributed by atoms with Gasteiger partial charge in [0.1, 0.15) is 0 Å². The fourth-order valence-corrected chi connectivity index (χ4v) is 3.17. The molecular weight excluding hydrogens is 252 g/mol. The maximum Gasteiger partial charge on any atom is 0.163 e. The Bertz CT molecular complexity index is 487. The van der Waals surface area contributed by atoms with Crippen LogP contribution < -0.4 is 14.8 Å². The van der Waals surface area contributed by atoms with E-state index in [1.165, 1.54) is 32.4 Å². The first-order chi connectivity index (χ1) is 9.88. The molecule has 2 fully saturated rings. The molecular formula is C16H22N2O2. The maximum absolute atomic E-state index is 5.75. The lowest BCUT2D eigenvalue weighted by atomic mass is 10.2. The summed E-state index contributed by atoms with van der Waals surface area (Å²) < 4.78 is 11.4. The molecule has 0 amide bonds. The van der Waals surface area contributed by atoms with Gasteiger partial charge in [-0.05, 0) is 31.4 Å². The number of benzene rings is 1. The van der Waals surface area contributed by atoms with Crippen LogP contribution >= 0.6 is 0 Å². The molecule has 0 spiro atoms. The van der Waals surface area contributed by atoms with Crippen LogP contribution in [-0.2, 0) is 0 Å². The summed E-state index contributed by atoms with van der Waals surface area (Å²) >= 11 is 0. The molecule has 1 aromatic rings. The van der Waals surface area contributed by atoms with Crippen LogP contribution in [0, 0.1) is 0 Å². The number of ether oxygens (including phenoxy) is 2. The van der Waals surface area contributed by atoms with E-state index in [0.717, 1.165) is 42.9 Å². The third-order valence-electron chi connectivity index (χ3n) is 4.40. The number of likely N-dealkylation sites (tertiary alicyclic amines) is 1. The highest BCUT2D eigenvalue weighted by Crippen LogP contribution is 2.34. The monoisotopic (exact) mass is 274 g/mol. The van der Waals surface area contributed by atoms with Crippen molar-refractivity contribution in [3.05, 3.63) is 18.2 Å². The number of hydrogen-bond donors (Lipinski definition) is 1. The van der Waals surface area contributed by atoms with E-state index < -0.39 is 0 Å². The molecule has 1 aliphatic carbocycles. The van der Waals surface area contributed by atoms with E-state index in [-0.39, 0.29) is 0 Å². The Morgan fingerprint density at radius 2 is 1.90 bits per heavy atom. The molecule has 4 heteroatoms. The lowest BCUT2D eigenvalue weighted by Crippen LogP contribution is -2.27. The molecule has 108 valence electrons. The van der Waals surface area contributed by atoms with E-state index in [4.69, 9.17) is 9.47 Å². The molecule has 1 atom stereocenters. The second-order valence-corrected chi connectivity index (χ2v) is 6.07. The lowest BCUT2D eigenvalue weighted by Gasteiger charge is -2.17. The first-order valence-electron chi connectivity index (χ1n) is 7.79. The minimum atomic E-state index is 0.570. The Labute approximate surface area is 120 Å². The van der Waals surface area contributed by atoms with Crippen molar-refractivity contribution in [2.45, 2.75) is 37.8 Å². The highest BCUT2D eigenvalue weighted by molar-refractivity contribution is 5.55. The highest BCUT2D eigenvalue weighted by atomic mass is 16.5. The van der Waals surface area contributed by atoms with Crippen LogP contribution in [0.25, 0.3) is 0 Å². The van der Waals surface area contributed by atoms with Crippen LogP contribution in [0.5, 0.6) is 11.5 Å². The van der Waals surface area contributed by atoms with Crippen molar-refractivity contribution in [2.24, 2.45) is 0 Å².